The average molecular weight is 380 g/mol. The zero-order valence-corrected chi connectivity index (χ0v) is 14.6. The van der Waals surface area contributed by atoms with Crippen molar-refractivity contribution in [2.75, 3.05) is 18.5 Å². The highest BCUT2D eigenvalue weighted by Gasteiger charge is 2.67. The molecule has 122 valence electrons. The Balaban J connectivity index is 1.81. The Kier molecular flexibility index (Phi) is 3.50. The van der Waals surface area contributed by atoms with Gasteiger partial charge in [0.25, 0.3) is 5.91 Å². The van der Waals surface area contributed by atoms with E-state index in [1.807, 2.05) is 25.1 Å². The van der Waals surface area contributed by atoms with E-state index in [-0.39, 0.29) is 23.8 Å². The zero-order chi connectivity index (χ0) is 16.2. The topological polar surface area (TPSA) is 59.8 Å². The molecule has 1 spiro atoms. The summed E-state index contributed by atoms with van der Waals surface area (Å²) in [6, 6.07) is 6.09. The standard InChI is InChI=1S/C17H19BrN2O3/c1-2-23-15(21)11-9-17(20-7-3-4-14(11)20)12-8-10(18)5-6-13(12)19-16(17)22/h5-6,8,11,14H,2-4,7,9H2,1H3,(H,19,22)/p+1/t11-,14+,17+/m0/s1. The SMILES string of the molecule is CCOC(=O)[C@H]1C[C@@]2(C(=O)Nc3ccc(Br)cc32)[NH+]2CCC[C@H]12. The number of rotatable bonds is 2. The number of nitrogens with one attached hydrogen (secondary N) is 2. The van der Waals surface area contributed by atoms with Crippen LogP contribution < -0.4 is 10.2 Å². The highest BCUT2D eigenvalue weighted by Crippen LogP contribution is 2.45. The van der Waals surface area contributed by atoms with Gasteiger partial charge in [-0.25, -0.2) is 0 Å². The molecule has 1 aromatic carbocycles. The molecule has 0 radical (unpaired) electrons. The summed E-state index contributed by atoms with van der Waals surface area (Å²) in [5, 5.41) is 3.03. The van der Waals surface area contributed by atoms with Crippen molar-refractivity contribution in [1.82, 2.24) is 0 Å². The van der Waals surface area contributed by atoms with Crippen LogP contribution in [0.25, 0.3) is 0 Å². The molecule has 1 unspecified atom stereocenters. The largest absolute Gasteiger partial charge is 0.466 e. The molecule has 0 saturated carbocycles. The number of hydrogen-bond donors (Lipinski definition) is 2. The third kappa shape index (κ3) is 2.01. The van der Waals surface area contributed by atoms with Crippen LogP contribution in [0, 0.1) is 5.92 Å². The highest BCUT2D eigenvalue weighted by molar-refractivity contribution is 9.10. The molecule has 23 heavy (non-hydrogen) atoms. The molecule has 1 aromatic rings. The Morgan fingerprint density at radius 2 is 2.35 bits per heavy atom. The van der Waals surface area contributed by atoms with Gasteiger partial charge in [-0.05, 0) is 25.1 Å². The van der Waals surface area contributed by atoms with Crippen LogP contribution in [0.4, 0.5) is 5.69 Å². The first kappa shape index (κ1) is 15.1. The van der Waals surface area contributed by atoms with Gasteiger partial charge in [-0.15, -0.1) is 0 Å². The Morgan fingerprint density at radius 3 is 3.13 bits per heavy atom. The van der Waals surface area contributed by atoms with Crippen molar-refractivity contribution in [2.45, 2.75) is 37.8 Å². The molecule has 0 aromatic heterocycles. The third-order valence-corrected chi connectivity index (χ3v) is 6.13. The number of carbonyl (C=O) groups is 2. The summed E-state index contributed by atoms with van der Waals surface area (Å²) in [6.45, 7) is 3.15. The number of fused-ring (bicyclic) bond motifs is 4. The molecule has 6 heteroatoms. The van der Waals surface area contributed by atoms with E-state index in [0.717, 1.165) is 35.1 Å². The Bertz CT molecular complexity index is 692. The lowest BCUT2D eigenvalue weighted by atomic mass is 9.84. The molecule has 4 atom stereocenters. The molecule has 3 heterocycles. The molecular formula is C17H20BrN2O3+. The summed E-state index contributed by atoms with van der Waals surface area (Å²) >= 11 is 3.52. The van der Waals surface area contributed by atoms with Crippen LogP contribution >= 0.6 is 15.9 Å². The average Bonchev–Trinajstić information content (AvgIpc) is 3.16. The molecule has 2 fully saturated rings. The number of carbonyl (C=O) groups excluding carboxylic acids is 2. The summed E-state index contributed by atoms with van der Waals surface area (Å²) < 4.78 is 6.25. The molecule has 3 aliphatic rings. The van der Waals surface area contributed by atoms with E-state index < -0.39 is 5.54 Å². The van der Waals surface area contributed by atoms with Crippen molar-refractivity contribution in [3.63, 3.8) is 0 Å². The molecule has 0 aliphatic carbocycles. The number of halogens is 1. The first-order chi connectivity index (χ1) is 11.1. The summed E-state index contributed by atoms with van der Waals surface area (Å²) in [5.41, 5.74) is 1.25. The lowest BCUT2D eigenvalue weighted by molar-refractivity contribution is -0.947. The van der Waals surface area contributed by atoms with E-state index in [1.165, 1.54) is 4.90 Å². The number of quaternary nitrogens is 1. The van der Waals surface area contributed by atoms with E-state index >= 15 is 0 Å². The Hall–Kier alpha value is -1.40. The van der Waals surface area contributed by atoms with E-state index in [2.05, 4.69) is 21.2 Å². The second-order valence-electron chi connectivity index (χ2n) is 6.64. The van der Waals surface area contributed by atoms with Crippen molar-refractivity contribution in [3.8, 4) is 0 Å². The Morgan fingerprint density at radius 1 is 1.52 bits per heavy atom. The minimum absolute atomic E-state index is 0.0271. The van der Waals surface area contributed by atoms with Gasteiger partial charge in [0.2, 0.25) is 5.54 Å². The fourth-order valence-corrected chi connectivity index (χ4v) is 5.16. The first-order valence-corrected chi connectivity index (χ1v) is 9.01. The number of anilines is 1. The minimum atomic E-state index is -0.641. The zero-order valence-electron chi connectivity index (χ0n) is 13.0. The number of amides is 1. The molecule has 0 bridgehead atoms. The smallest absolute Gasteiger partial charge is 0.315 e. The number of ether oxygens (including phenoxy) is 1. The van der Waals surface area contributed by atoms with E-state index in [9.17, 15) is 9.59 Å². The molecule has 4 rings (SSSR count). The minimum Gasteiger partial charge on any atom is -0.466 e. The van der Waals surface area contributed by atoms with Crippen molar-refractivity contribution in [1.29, 1.82) is 0 Å². The normalized spacial score (nSPS) is 34.3. The number of hydrogen-bond acceptors (Lipinski definition) is 3. The van der Waals surface area contributed by atoms with Crippen LogP contribution in [0.2, 0.25) is 0 Å². The summed E-state index contributed by atoms with van der Waals surface area (Å²) in [5.74, 6) is -0.313. The van der Waals surface area contributed by atoms with Gasteiger partial charge in [0.05, 0.1) is 18.8 Å². The van der Waals surface area contributed by atoms with Crippen molar-refractivity contribution in [3.05, 3.63) is 28.2 Å². The maximum atomic E-state index is 12.9. The van der Waals surface area contributed by atoms with Gasteiger partial charge in [-0.3, -0.25) is 9.59 Å². The van der Waals surface area contributed by atoms with E-state index in [0.29, 0.717) is 13.0 Å². The van der Waals surface area contributed by atoms with Crippen LogP contribution in [0.3, 0.4) is 0 Å². The molecule has 3 aliphatic heterocycles. The maximum absolute atomic E-state index is 12.9. The van der Waals surface area contributed by atoms with E-state index in [1.54, 1.807) is 0 Å². The van der Waals surface area contributed by atoms with Gasteiger partial charge in [-0.2, -0.15) is 0 Å². The van der Waals surface area contributed by atoms with Crippen molar-refractivity contribution >= 4 is 33.5 Å². The quantitative estimate of drug-likeness (QED) is 0.759. The second kappa shape index (κ2) is 5.31. The van der Waals surface area contributed by atoms with Crippen LogP contribution in [-0.2, 0) is 19.9 Å². The van der Waals surface area contributed by atoms with Gasteiger partial charge in [-0.1, -0.05) is 15.9 Å². The predicted molar refractivity (Wildman–Crippen MR) is 88.0 cm³/mol. The maximum Gasteiger partial charge on any atom is 0.315 e. The highest BCUT2D eigenvalue weighted by atomic mass is 79.9. The number of esters is 1. The van der Waals surface area contributed by atoms with Gasteiger partial charge >= 0.3 is 5.97 Å². The molecule has 2 N–H and O–H groups in total. The molecule has 5 nitrogen and oxygen atoms in total. The first-order valence-electron chi connectivity index (χ1n) is 8.22. The van der Waals surface area contributed by atoms with E-state index in [4.69, 9.17) is 4.74 Å². The van der Waals surface area contributed by atoms with Gasteiger partial charge < -0.3 is 15.0 Å². The second-order valence-corrected chi connectivity index (χ2v) is 7.55. The van der Waals surface area contributed by atoms with Crippen molar-refractivity contribution in [2.24, 2.45) is 5.92 Å². The van der Waals surface area contributed by atoms with Gasteiger partial charge in [0, 0.05) is 29.3 Å². The summed E-state index contributed by atoms with van der Waals surface area (Å²) in [4.78, 5) is 26.6. The predicted octanol–water partition coefficient (Wildman–Crippen LogP) is 1.23. The van der Waals surface area contributed by atoms with Gasteiger partial charge in [0.1, 0.15) is 12.0 Å². The van der Waals surface area contributed by atoms with Crippen LogP contribution in [0.1, 0.15) is 31.7 Å². The van der Waals surface area contributed by atoms with Crippen molar-refractivity contribution < 1.29 is 19.2 Å². The third-order valence-electron chi connectivity index (χ3n) is 5.64. The van der Waals surface area contributed by atoms with Crippen LogP contribution in [-0.4, -0.2) is 31.1 Å². The van der Waals surface area contributed by atoms with Gasteiger partial charge in [0.15, 0.2) is 0 Å². The lowest BCUT2D eigenvalue weighted by Gasteiger charge is -2.29. The fourth-order valence-electron chi connectivity index (χ4n) is 4.80. The van der Waals surface area contributed by atoms with Crippen LogP contribution in [0.5, 0.6) is 0 Å². The summed E-state index contributed by atoms with van der Waals surface area (Å²) in [7, 11) is 0. The number of benzene rings is 1. The monoisotopic (exact) mass is 379 g/mol. The molecular weight excluding hydrogens is 360 g/mol. The fraction of sp³-hybridized carbons (Fsp3) is 0.529. The van der Waals surface area contributed by atoms with Crippen LogP contribution in [0.15, 0.2) is 22.7 Å². The lowest BCUT2D eigenvalue weighted by Crippen LogP contribution is -3.19. The molecule has 2 saturated heterocycles. The molecule has 1 amide bonds. The Labute approximate surface area is 143 Å². The summed E-state index contributed by atoms with van der Waals surface area (Å²) in [6.07, 6.45) is 2.58.